The van der Waals surface area contributed by atoms with Gasteiger partial charge in [0.2, 0.25) is 0 Å². The fraction of sp³-hybridized carbons (Fsp3) is 0.720. The van der Waals surface area contributed by atoms with E-state index < -0.39 is 0 Å². The highest BCUT2D eigenvalue weighted by Crippen LogP contribution is 2.40. The van der Waals surface area contributed by atoms with Gasteiger partial charge in [0.1, 0.15) is 0 Å². The van der Waals surface area contributed by atoms with Gasteiger partial charge in [-0.1, -0.05) is 43.2 Å². The maximum absolute atomic E-state index is 6.19. The minimum absolute atomic E-state index is 0. The summed E-state index contributed by atoms with van der Waals surface area (Å²) in [5.41, 5.74) is 1.72. The van der Waals surface area contributed by atoms with Crippen molar-refractivity contribution in [3.63, 3.8) is 0 Å². The van der Waals surface area contributed by atoms with E-state index in [0.717, 1.165) is 58.1 Å². The molecule has 2 aliphatic heterocycles. The van der Waals surface area contributed by atoms with Crippen molar-refractivity contribution >= 4 is 29.9 Å². The Balaban J connectivity index is 0.00000272. The van der Waals surface area contributed by atoms with Crippen LogP contribution in [0.3, 0.4) is 0 Å². The van der Waals surface area contributed by atoms with Crippen molar-refractivity contribution in [1.82, 2.24) is 10.2 Å². The first-order chi connectivity index (χ1) is 14.8. The van der Waals surface area contributed by atoms with Gasteiger partial charge in [0, 0.05) is 38.7 Å². The second-order valence-electron chi connectivity index (χ2n) is 9.26. The van der Waals surface area contributed by atoms with Gasteiger partial charge in [-0.2, -0.15) is 0 Å². The Morgan fingerprint density at radius 3 is 2.48 bits per heavy atom. The van der Waals surface area contributed by atoms with Crippen LogP contribution in [0.1, 0.15) is 63.4 Å². The molecule has 1 aromatic rings. The minimum Gasteiger partial charge on any atom is -0.376 e. The molecular weight excluding hydrogens is 501 g/mol. The summed E-state index contributed by atoms with van der Waals surface area (Å²) in [6.07, 6.45) is 11.6. The van der Waals surface area contributed by atoms with Crippen LogP contribution in [0.5, 0.6) is 0 Å². The molecule has 5 nitrogen and oxygen atoms in total. The summed E-state index contributed by atoms with van der Waals surface area (Å²) < 4.78 is 12.0. The van der Waals surface area contributed by atoms with E-state index in [4.69, 9.17) is 9.47 Å². The largest absolute Gasteiger partial charge is 0.376 e. The van der Waals surface area contributed by atoms with Crippen molar-refractivity contribution in [1.29, 1.82) is 0 Å². The lowest BCUT2D eigenvalue weighted by Gasteiger charge is -2.37. The topological polar surface area (TPSA) is 46.1 Å². The van der Waals surface area contributed by atoms with Crippen molar-refractivity contribution in [3.05, 3.63) is 35.9 Å². The van der Waals surface area contributed by atoms with Crippen molar-refractivity contribution in [2.45, 2.75) is 75.4 Å². The Morgan fingerprint density at radius 1 is 1.10 bits per heavy atom. The maximum atomic E-state index is 6.19. The first-order valence-electron chi connectivity index (χ1n) is 12.0. The number of guanidine groups is 1. The Bertz CT molecular complexity index is 665. The lowest BCUT2D eigenvalue weighted by Crippen LogP contribution is -2.50. The predicted molar refractivity (Wildman–Crippen MR) is 138 cm³/mol. The Hall–Kier alpha value is -0.860. The fourth-order valence-electron chi connectivity index (χ4n) is 5.41. The third kappa shape index (κ3) is 6.57. The monoisotopic (exact) mass is 541 g/mol. The number of piperidine rings is 1. The van der Waals surface area contributed by atoms with Crippen LogP contribution in [0, 0.1) is 0 Å². The van der Waals surface area contributed by atoms with Crippen LogP contribution in [0.2, 0.25) is 0 Å². The average molecular weight is 542 g/mol. The van der Waals surface area contributed by atoms with E-state index in [1.54, 1.807) is 0 Å². The molecule has 3 fully saturated rings. The molecule has 0 spiro atoms. The molecule has 1 aliphatic carbocycles. The SMILES string of the molecule is CN=C(NCC1(c2ccccc2)CCCC1)N1CCC(OCC2CCCCO2)CC1.I. The zero-order valence-corrected chi connectivity index (χ0v) is 21.4. The zero-order chi connectivity index (χ0) is 20.7. The molecule has 1 atom stereocenters. The molecule has 4 rings (SSSR count). The van der Waals surface area contributed by atoms with Crippen LogP contribution in [0.15, 0.2) is 35.3 Å². The third-order valence-electron chi connectivity index (χ3n) is 7.28. The number of rotatable bonds is 6. The van der Waals surface area contributed by atoms with Gasteiger partial charge in [-0.15, -0.1) is 24.0 Å². The molecule has 1 aromatic carbocycles. The van der Waals surface area contributed by atoms with E-state index in [0.29, 0.717) is 12.2 Å². The van der Waals surface area contributed by atoms with Gasteiger partial charge in [0.25, 0.3) is 0 Å². The van der Waals surface area contributed by atoms with Gasteiger partial charge in [-0.05, 0) is 50.5 Å². The highest BCUT2D eigenvalue weighted by Gasteiger charge is 2.36. The maximum Gasteiger partial charge on any atom is 0.193 e. The van der Waals surface area contributed by atoms with Crippen molar-refractivity contribution in [2.75, 3.05) is 39.9 Å². The number of ether oxygens (including phenoxy) is 2. The zero-order valence-electron chi connectivity index (χ0n) is 19.1. The van der Waals surface area contributed by atoms with E-state index >= 15 is 0 Å². The number of nitrogens with one attached hydrogen (secondary N) is 1. The quantitative estimate of drug-likeness (QED) is 0.321. The van der Waals surface area contributed by atoms with E-state index in [1.165, 1.54) is 44.1 Å². The molecule has 0 radical (unpaired) electrons. The van der Waals surface area contributed by atoms with Crippen molar-refractivity contribution in [2.24, 2.45) is 4.99 Å². The molecule has 174 valence electrons. The minimum atomic E-state index is 0. The molecule has 3 aliphatic rings. The molecule has 1 unspecified atom stereocenters. The normalized spacial score (nSPS) is 24.6. The Labute approximate surface area is 205 Å². The highest BCUT2D eigenvalue weighted by molar-refractivity contribution is 14.0. The predicted octanol–water partition coefficient (Wildman–Crippen LogP) is 4.74. The van der Waals surface area contributed by atoms with Crippen LogP contribution in [-0.4, -0.2) is 63.0 Å². The van der Waals surface area contributed by atoms with Gasteiger partial charge in [-0.3, -0.25) is 4.99 Å². The number of nitrogens with zero attached hydrogens (tertiary/aromatic N) is 2. The summed E-state index contributed by atoms with van der Waals surface area (Å²) in [5, 5.41) is 3.73. The van der Waals surface area contributed by atoms with Crippen LogP contribution < -0.4 is 5.32 Å². The summed E-state index contributed by atoms with van der Waals surface area (Å²) in [6, 6.07) is 11.1. The first-order valence-corrected chi connectivity index (χ1v) is 12.0. The van der Waals surface area contributed by atoms with Crippen LogP contribution in [-0.2, 0) is 14.9 Å². The Kier molecular flexibility index (Phi) is 9.91. The molecule has 0 aromatic heterocycles. The number of hydrogen-bond donors (Lipinski definition) is 1. The van der Waals surface area contributed by atoms with Crippen LogP contribution in [0.4, 0.5) is 0 Å². The van der Waals surface area contributed by atoms with E-state index in [1.807, 2.05) is 7.05 Å². The summed E-state index contributed by atoms with van der Waals surface area (Å²) >= 11 is 0. The van der Waals surface area contributed by atoms with Crippen LogP contribution in [0.25, 0.3) is 0 Å². The molecule has 6 heteroatoms. The summed E-state index contributed by atoms with van der Waals surface area (Å²) in [6.45, 7) is 4.65. The first kappa shape index (κ1) is 24.8. The number of hydrogen-bond acceptors (Lipinski definition) is 3. The number of likely N-dealkylation sites (tertiary alicyclic amines) is 1. The fourth-order valence-corrected chi connectivity index (χ4v) is 5.41. The summed E-state index contributed by atoms with van der Waals surface area (Å²) in [5.74, 6) is 1.05. The van der Waals surface area contributed by atoms with Gasteiger partial charge in [0.05, 0.1) is 18.8 Å². The molecule has 31 heavy (non-hydrogen) atoms. The van der Waals surface area contributed by atoms with Gasteiger partial charge in [0.15, 0.2) is 5.96 Å². The standard InChI is InChI=1S/C25H39N3O2.HI/c1-26-24(27-20-25(14-6-7-15-25)21-9-3-2-4-10-21)28-16-12-22(13-17-28)30-19-23-11-5-8-18-29-23;/h2-4,9-10,22-23H,5-8,11-20H2,1H3,(H,26,27);1H. The summed E-state index contributed by atoms with van der Waals surface area (Å²) in [4.78, 5) is 7.02. The molecule has 0 amide bonds. The van der Waals surface area contributed by atoms with Gasteiger partial charge >= 0.3 is 0 Å². The molecular formula is C25H40IN3O2. The Morgan fingerprint density at radius 2 is 1.84 bits per heavy atom. The van der Waals surface area contributed by atoms with Gasteiger partial charge in [-0.25, -0.2) is 0 Å². The third-order valence-corrected chi connectivity index (χ3v) is 7.28. The summed E-state index contributed by atoms with van der Waals surface area (Å²) in [7, 11) is 1.91. The lowest BCUT2D eigenvalue weighted by atomic mass is 9.79. The van der Waals surface area contributed by atoms with E-state index in [2.05, 4.69) is 45.5 Å². The molecule has 0 bridgehead atoms. The lowest BCUT2D eigenvalue weighted by molar-refractivity contribution is -0.0721. The smallest absolute Gasteiger partial charge is 0.193 e. The second-order valence-corrected chi connectivity index (χ2v) is 9.26. The van der Waals surface area contributed by atoms with E-state index in [-0.39, 0.29) is 29.4 Å². The number of benzene rings is 1. The second kappa shape index (κ2) is 12.4. The number of aliphatic imine (C=N–C) groups is 1. The van der Waals surface area contributed by atoms with Gasteiger partial charge < -0.3 is 19.7 Å². The average Bonchev–Trinajstić information content (AvgIpc) is 3.30. The highest BCUT2D eigenvalue weighted by atomic mass is 127. The van der Waals surface area contributed by atoms with Crippen LogP contribution >= 0.6 is 24.0 Å². The molecule has 1 N–H and O–H groups in total. The molecule has 2 saturated heterocycles. The van der Waals surface area contributed by atoms with Crippen molar-refractivity contribution in [3.8, 4) is 0 Å². The molecule has 1 saturated carbocycles. The molecule has 2 heterocycles. The van der Waals surface area contributed by atoms with E-state index in [9.17, 15) is 0 Å². The number of halogens is 1. The van der Waals surface area contributed by atoms with Crippen molar-refractivity contribution < 1.29 is 9.47 Å².